The van der Waals surface area contributed by atoms with Gasteiger partial charge in [0.2, 0.25) is 0 Å². The first kappa shape index (κ1) is 18.7. The summed E-state index contributed by atoms with van der Waals surface area (Å²) in [6, 6.07) is 1.75. The molecule has 1 N–H and O–H groups in total. The maximum absolute atomic E-state index is 3.97. The molecule has 0 aromatic carbocycles. The summed E-state index contributed by atoms with van der Waals surface area (Å²) in [7, 11) is 0. The molecule has 1 heteroatoms. The van der Waals surface area contributed by atoms with Crippen LogP contribution in [0, 0.1) is 0 Å². The van der Waals surface area contributed by atoms with E-state index in [1.807, 2.05) is 0 Å². The van der Waals surface area contributed by atoms with Crippen molar-refractivity contribution in [3.63, 3.8) is 0 Å². The second-order valence-electron chi connectivity index (χ2n) is 7.20. The van der Waals surface area contributed by atoms with Gasteiger partial charge in [-0.25, -0.2) is 0 Å². The van der Waals surface area contributed by atoms with E-state index < -0.39 is 0 Å². The topological polar surface area (TPSA) is 21.9 Å². The van der Waals surface area contributed by atoms with Crippen molar-refractivity contribution >= 4 is 0 Å². The first-order chi connectivity index (χ1) is 10.2. The largest absolute Gasteiger partial charge is 0.308 e. The van der Waals surface area contributed by atoms with Crippen molar-refractivity contribution in [2.75, 3.05) is 0 Å². The Morgan fingerprint density at radius 3 is 1.76 bits per heavy atom. The Hall–Kier alpha value is -0.300. The minimum absolute atomic E-state index is 0.871. The molecule has 1 saturated heterocycles. The van der Waals surface area contributed by atoms with Crippen molar-refractivity contribution in [3.8, 4) is 0 Å². The van der Waals surface area contributed by atoms with Crippen LogP contribution in [-0.2, 0) is 0 Å². The molecule has 1 nitrogen and oxygen atoms in total. The molecule has 0 aromatic heterocycles. The lowest BCUT2D eigenvalue weighted by molar-refractivity contribution is 0.567. The Bertz CT molecular complexity index is 259. The van der Waals surface area contributed by atoms with Crippen LogP contribution in [0.2, 0.25) is 0 Å². The van der Waals surface area contributed by atoms with Crippen LogP contribution in [0.1, 0.15) is 104 Å². The van der Waals surface area contributed by atoms with Gasteiger partial charge in [0, 0.05) is 12.1 Å². The maximum atomic E-state index is 3.97. The zero-order valence-corrected chi connectivity index (χ0v) is 14.8. The van der Waals surface area contributed by atoms with Gasteiger partial charge in [0.05, 0.1) is 0 Å². The first-order valence-electron chi connectivity index (χ1n) is 9.64. The summed E-state index contributed by atoms with van der Waals surface area (Å²) >= 11 is 0. The van der Waals surface area contributed by atoms with Gasteiger partial charge in [0.25, 0.3) is 0 Å². The van der Waals surface area contributed by atoms with Crippen molar-refractivity contribution in [1.82, 2.24) is 5.32 Å². The Balaban J connectivity index is 1.77. The van der Waals surface area contributed by atoms with E-state index in [-0.39, 0.29) is 0 Å². The van der Waals surface area contributed by atoms with Crippen LogP contribution < -0.4 is 5.32 Å². The van der Waals surface area contributed by atoms with Gasteiger partial charge < -0.3 is 5.32 Å². The molecule has 2 unspecified atom stereocenters. The van der Waals surface area contributed by atoms with Gasteiger partial charge >= 0.3 is 0 Å². The van der Waals surface area contributed by atoms with Crippen LogP contribution in [0.4, 0.5) is 0 Å². The van der Waals surface area contributed by atoms with Crippen LogP contribution in [-0.4, -0.2) is 12.1 Å². The van der Waals surface area contributed by atoms with E-state index in [4.69, 9.17) is 0 Å². The SMILES string of the molecule is C=C(C)CCCCCCCC1NC1CCCCCCCC. The number of nitrogens with one attached hydrogen (secondary N) is 1. The molecule has 0 spiro atoms. The lowest BCUT2D eigenvalue weighted by Gasteiger charge is -2.02. The third kappa shape index (κ3) is 11.0. The van der Waals surface area contributed by atoms with E-state index in [0.717, 1.165) is 12.1 Å². The molecular formula is C20H39N. The highest BCUT2D eigenvalue weighted by Gasteiger charge is 2.33. The molecule has 124 valence electrons. The molecule has 1 rings (SSSR count). The molecule has 1 fully saturated rings. The van der Waals surface area contributed by atoms with Gasteiger partial charge in [-0.15, -0.1) is 6.58 Å². The average Bonchev–Trinajstić information content (AvgIpc) is 3.20. The summed E-state index contributed by atoms with van der Waals surface area (Å²) in [6.45, 7) is 8.40. The monoisotopic (exact) mass is 293 g/mol. The maximum Gasteiger partial charge on any atom is 0.0224 e. The molecule has 0 amide bonds. The van der Waals surface area contributed by atoms with E-state index >= 15 is 0 Å². The van der Waals surface area contributed by atoms with Gasteiger partial charge in [-0.1, -0.05) is 76.7 Å². The second-order valence-corrected chi connectivity index (χ2v) is 7.20. The van der Waals surface area contributed by atoms with Gasteiger partial charge in [-0.2, -0.15) is 0 Å². The lowest BCUT2D eigenvalue weighted by Crippen LogP contribution is -1.94. The molecule has 1 aliphatic rings. The Kier molecular flexibility index (Phi) is 10.9. The third-order valence-electron chi connectivity index (χ3n) is 4.79. The van der Waals surface area contributed by atoms with E-state index in [9.17, 15) is 0 Å². The van der Waals surface area contributed by atoms with Gasteiger partial charge in [0.1, 0.15) is 0 Å². The number of rotatable bonds is 15. The molecule has 1 heterocycles. The highest BCUT2D eigenvalue weighted by Crippen LogP contribution is 2.24. The standard InChI is InChI=1S/C20H39N/c1-4-5-6-7-10-13-16-19-20(21-19)17-14-11-8-9-12-15-18(2)3/h19-21H,2,4-17H2,1,3H3. The predicted molar refractivity (Wildman–Crippen MR) is 95.8 cm³/mol. The zero-order chi connectivity index (χ0) is 15.3. The van der Waals surface area contributed by atoms with Crippen LogP contribution in [0.15, 0.2) is 12.2 Å². The van der Waals surface area contributed by atoms with Crippen molar-refractivity contribution in [2.45, 2.75) is 116 Å². The van der Waals surface area contributed by atoms with Gasteiger partial charge in [-0.3, -0.25) is 0 Å². The molecule has 2 atom stereocenters. The van der Waals surface area contributed by atoms with E-state index in [1.54, 1.807) is 0 Å². The number of hydrogen-bond acceptors (Lipinski definition) is 1. The lowest BCUT2D eigenvalue weighted by atomic mass is 10.0. The highest BCUT2D eigenvalue weighted by atomic mass is 15.1. The minimum Gasteiger partial charge on any atom is -0.308 e. The van der Waals surface area contributed by atoms with E-state index in [1.165, 1.54) is 95.5 Å². The second kappa shape index (κ2) is 12.3. The molecule has 1 aliphatic heterocycles. The summed E-state index contributed by atoms with van der Waals surface area (Å²) < 4.78 is 0. The Labute approximate surface area is 134 Å². The minimum atomic E-state index is 0.871. The zero-order valence-electron chi connectivity index (χ0n) is 14.8. The third-order valence-corrected chi connectivity index (χ3v) is 4.79. The molecule has 0 aliphatic carbocycles. The Morgan fingerprint density at radius 2 is 1.24 bits per heavy atom. The van der Waals surface area contributed by atoms with Gasteiger partial charge in [0.15, 0.2) is 0 Å². The average molecular weight is 294 g/mol. The molecule has 21 heavy (non-hydrogen) atoms. The first-order valence-corrected chi connectivity index (χ1v) is 9.64. The van der Waals surface area contributed by atoms with Crippen LogP contribution in [0.25, 0.3) is 0 Å². The van der Waals surface area contributed by atoms with E-state index in [0.29, 0.717) is 0 Å². The van der Waals surface area contributed by atoms with Crippen molar-refractivity contribution in [2.24, 2.45) is 0 Å². The fourth-order valence-corrected chi connectivity index (χ4v) is 3.25. The molecular weight excluding hydrogens is 254 g/mol. The summed E-state index contributed by atoms with van der Waals surface area (Å²) in [5.41, 5.74) is 1.34. The number of allylic oxidation sites excluding steroid dienone is 1. The van der Waals surface area contributed by atoms with Crippen LogP contribution in [0.5, 0.6) is 0 Å². The molecule has 0 bridgehead atoms. The molecule has 0 aromatic rings. The van der Waals surface area contributed by atoms with Crippen molar-refractivity contribution in [3.05, 3.63) is 12.2 Å². The molecule has 0 saturated carbocycles. The normalized spacial score (nSPS) is 20.7. The van der Waals surface area contributed by atoms with Crippen LogP contribution >= 0.6 is 0 Å². The highest BCUT2D eigenvalue weighted by molar-refractivity contribution is 4.97. The van der Waals surface area contributed by atoms with Gasteiger partial charge in [-0.05, 0) is 32.6 Å². The van der Waals surface area contributed by atoms with Crippen molar-refractivity contribution in [1.29, 1.82) is 0 Å². The summed E-state index contributed by atoms with van der Waals surface area (Å²) in [5, 5.41) is 3.68. The number of hydrogen-bond donors (Lipinski definition) is 1. The Morgan fingerprint density at radius 1 is 0.762 bits per heavy atom. The summed E-state index contributed by atoms with van der Waals surface area (Å²) in [6.07, 6.45) is 19.7. The van der Waals surface area contributed by atoms with E-state index in [2.05, 4.69) is 25.7 Å². The van der Waals surface area contributed by atoms with Crippen LogP contribution in [0.3, 0.4) is 0 Å². The van der Waals surface area contributed by atoms with Crippen molar-refractivity contribution < 1.29 is 0 Å². The summed E-state index contributed by atoms with van der Waals surface area (Å²) in [4.78, 5) is 0. The smallest absolute Gasteiger partial charge is 0.0224 e. The quantitative estimate of drug-likeness (QED) is 0.211. The number of unbranched alkanes of at least 4 members (excludes halogenated alkanes) is 9. The summed E-state index contributed by atoms with van der Waals surface area (Å²) in [5.74, 6) is 0. The predicted octanol–water partition coefficient (Wildman–Crippen LogP) is 6.38. The fraction of sp³-hybridized carbons (Fsp3) is 0.900. The molecule has 0 radical (unpaired) electrons. The fourth-order valence-electron chi connectivity index (χ4n) is 3.25.